The van der Waals surface area contributed by atoms with Crippen LogP contribution in [0.15, 0.2) is 5.38 Å². The molecule has 5 heteroatoms. The number of hydrogen-bond acceptors (Lipinski definition) is 4. The van der Waals surface area contributed by atoms with Gasteiger partial charge in [-0.05, 0) is 13.8 Å². The molecule has 0 fully saturated rings. The van der Waals surface area contributed by atoms with Crippen LogP contribution in [-0.4, -0.2) is 16.9 Å². The highest BCUT2D eigenvalue weighted by atomic mass is 32.1. The molecule has 1 rings (SSSR count). The van der Waals surface area contributed by atoms with Crippen LogP contribution in [0.3, 0.4) is 0 Å². The van der Waals surface area contributed by atoms with Crippen LogP contribution in [0.4, 0.5) is 5.13 Å². The van der Waals surface area contributed by atoms with E-state index < -0.39 is 6.04 Å². The average Bonchev–Trinajstić information content (AvgIpc) is 2.35. The van der Waals surface area contributed by atoms with Crippen molar-refractivity contribution in [3.63, 3.8) is 0 Å². The smallest absolute Gasteiger partial charge is 0.242 e. The lowest BCUT2D eigenvalue weighted by Crippen LogP contribution is -2.32. The Morgan fingerprint density at radius 1 is 1.83 bits per heavy atom. The fourth-order valence-electron chi connectivity index (χ4n) is 0.631. The standard InChI is InChI=1S/C7H11N3OS/c1-4-3-12-7(9-4)10-6(11)5(2)8/h3,5H,8H2,1-2H3,(H,9,10,11)/t5-/m1/s1. The maximum atomic E-state index is 11.1. The van der Waals surface area contributed by atoms with Crippen LogP contribution in [0.5, 0.6) is 0 Å². The highest BCUT2D eigenvalue weighted by Crippen LogP contribution is 2.13. The lowest BCUT2D eigenvalue weighted by Gasteiger charge is -2.03. The number of anilines is 1. The third-order valence-electron chi connectivity index (χ3n) is 1.26. The van der Waals surface area contributed by atoms with Crippen molar-refractivity contribution in [1.29, 1.82) is 0 Å². The van der Waals surface area contributed by atoms with E-state index in [1.807, 2.05) is 12.3 Å². The quantitative estimate of drug-likeness (QED) is 0.714. The van der Waals surface area contributed by atoms with E-state index in [0.29, 0.717) is 5.13 Å². The topological polar surface area (TPSA) is 68.0 Å². The number of nitrogens with two attached hydrogens (primary N) is 1. The van der Waals surface area contributed by atoms with Gasteiger partial charge in [0.1, 0.15) is 0 Å². The molecule has 1 aromatic heterocycles. The van der Waals surface area contributed by atoms with Gasteiger partial charge in [-0.3, -0.25) is 4.79 Å². The normalized spacial score (nSPS) is 12.6. The number of hydrogen-bond donors (Lipinski definition) is 2. The first-order valence-corrected chi connectivity index (χ1v) is 4.46. The van der Waals surface area contributed by atoms with Crippen LogP contribution in [0, 0.1) is 6.92 Å². The van der Waals surface area contributed by atoms with Crippen molar-refractivity contribution in [1.82, 2.24) is 4.98 Å². The molecule has 0 radical (unpaired) electrons. The number of aromatic nitrogens is 1. The van der Waals surface area contributed by atoms with E-state index in [-0.39, 0.29) is 5.91 Å². The predicted molar refractivity (Wildman–Crippen MR) is 49.1 cm³/mol. The van der Waals surface area contributed by atoms with Crippen molar-refractivity contribution in [2.75, 3.05) is 5.32 Å². The summed E-state index contributed by atoms with van der Waals surface area (Å²) in [6, 6.07) is -0.491. The fourth-order valence-corrected chi connectivity index (χ4v) is 1.32. The maximum absolute atomic E-state index is 11.1. The third-order valence-corrected chi connectivity index (χ3v) is 2.14. The second-order valence-corrected chi connectivity index (χ2v) is 3.43. The first-order chi connectivity index (χ1) is 5.59. The Morgan fingerprint density at radius 3 is 2.92 bits per heavy atom. The van der Waals surface area contributed by atoms with Gasteiger partial charge < -0.3 is 11.1 Å². The average molecular weight is 185 g/mol. The van der Waals surface area contributed by atoms with Crippen molar-refractivity contribution in [2.45, 2.75) is 19.9 Å². The number of nitrogens with zero attached hydrogens (tertiary/aromatic N) is 1. The van der Waals surface area contributed by atoms with E-state index in [2.05, 4.69) is 10.3 Å². The Balaban J connectivity index is 2.58. The third kappa shape index (κ3) is 2.28. The van der Waals surface area contributed by atoms with Gasteiger partial charge in [0.25, 0.3) is 0 Å². The first-order valence-electron chi connectivity index (χ1n) is 3.58. The van der Waals surface area contributed by atoms with Crippen molar-refractivity contribution >= 4 is 22.4 Å². The SMILES string of the molecule is Cc1csc(NC(=O)[C@@H](C)N)n1. The Hall–Kier alpha value is -0.940. The summed E-state index contributed by atoms with van der Waals surface area (Å²) >= 11 is 1.40. The second kappa shape index (κ2) is 3.64. The van der Waals surface area contributed by atoms with E-state index in [9.17, 15) is 4.79 Å². The van der Waals surface area contributed by atoms with Crippen LogP contribution in [-0.2, 0) is 4.79 Å². The summed E-state index contributed by atoms with van der Waals surface area (Å²) in [6.45, 7) is 3.51. The lowest BCUT2D eigenvalue weighted by atomic mass is 10.3. The highest BCUT2D eigenvalue weighted by molar-refractivity contribution is 7.13. The molecule has 0 aliphatic carbocycles. The van der Waals surface area contributed by atoms with Gasteiger partial charge in [-0.2, -0.15) is 0 Å². The Morgan fingerprint density at radius 2 is 2.50 bits per heavy atom. The summed E-state index contributed by atoms with van der Waals surface area (Å²) < 4.78 is 0. The van der Waals surface area contributed by atoms with E-state index in [1.165, 1.54) is 11.3 Å². The Bertz CT molecular complexity index is 282. The van der Waals surface area contributed by atoms with Gasteiger partial charge in [-0.25, -0.2) is 4.98 Å². The van der Waals surface area contributed by atoms with E-state index in [0.717, 1.165) is 5.69 Å². The van der Waals surface area contributed by atoms with Gasteiger partial charge in [0.2, 0.25) is 5.91 Å². The number of nitrogens with one attached hydrogen (secondary N) is 1. The highest BCUT2D eigenvalue weighted by Gasteiger charge is 2.08. The first kappa shape index (κ1) is 9.15. The molecule has 3 N–H and O–H groups in total. The molecule has 0 aliphatic heterocycles. The molecule has 0 spiro atoms. The molecule has 1 atom stereocenters. The van der Waals surface area contributed by atoms with Crippen LogP contribution in [0.25, 0.3) is 0 Å². The van der Waals surface area contributed by atoms with Crippen molar-refractivity contribution < 1.29 is 4.79 Å². The summed E-state index contributed by atoms with van der Waals surface area (Å²) in [7, 11) is 0. The molecule has 0 bridgehead atoms. The molecule has 0 aliphatic rings. The number of rotatable bonds is 2. The Labute approximate surface area is 74.8 Å². The molecule has 0 saturated carbocycles. The van der Waals surface area contributed by atoms with Gasteiger partial charge in [0, 0.05) is 5.38 Å². The molecule has 4 nitrogen and oxygen atoms in total. The number of carbonyl (C=O) groups excluding carboxylic acids is 1. The molecular weight excluding hydrogens is 174 g/mol. The summed E-state index contributed by atoms with van der Waals surface area (Å²) in [5.74, 6) is -0.204. The van der Waals surface area contributed by atoms with Crippen molar-refractivity contribution in [3.8, 4) is 0 Å². The minimum absolute atomic E-state index is 0.204. The largest absolute Gasteiger partial charge is 0.320 e. The molecule has 66 valence electrons. The minimum Gasteiger partial charge on any atom is -0.320 e. The second-order valence-electron chi connectivity index (χ2n) is 2.57. The van der Waals surface area contributed by atoms with Crippen LogP contribution < -0.4 is 11.1 Å². The van der Waals surface area contributed by atoms with E-state index >= 15 is 0 Å². The molecule has 1 amide bonds. The number of carbonyl (C=O) groups is 1. The van der Waals surface area contributed by atoms with E-state index in [4.69, 9.17) is 5.73 Å². The molecule has 1 heterocycles. The summed E-state index contributed by atoms with van der Waals surface area (Å²) in [5, 5.41) is 5.08. The maximum Gasteiger partial charge on any atom is 0.242 e. The van der Waals surface area contributed by atoms with Crippen LogP contribution in [0.2, 0.25) is 0 Å². The van der Waals surface area contributed by atoms with Crippen molar-refractivity contribution in [2.24, 2.45) is 5.73 Å². The van der Waals surface area contributed by atoms with Gasteiger partial charge in [-0.1, -0.05) is 0 Å². The lowest BCUT2D eigenvalue weighted by molar-refractivity contribution is -0.117. The van der Waals surface area contributed by atoms with Gasteiger partial charge in [0.05, 0.1) is 11.7 Å². The zero-order valence-electron chi connectivity index (χ0n) is 7.00. The monoisotopic (exact) mass is 185 g/mol. The minimum atomic E-state index is -0.491. The molecule has 12 heavy (non-hydrogen) atoms. The summed E-state index contributed by atoms with van der Waals surface area (Å²) in [6.07, 6.45) is 0. The summed E-state index contributed by atoms with van der Waals surface area (Å²) in [4.78, 5) is 15.1. The molecule has 0 unspecified atom stereocenters. The zero-order valence-corrected chi connectivity index (χ0v) is 7.81. The number of aryl methyl sites for hydroxylation is 1. The molecule has 0 saturated heterocycles. The van der Waals surface area contributed by atoms with Gasteiger partial charge in [0.15, 0.2) is 5.13 Å². The zero-order chi connectivity index (χ0) is 9.14. The van der Waals surface area contributed by atoms with Gasteiger partial charge >= 0.3 is 0 Å². The van der Waals surface area contributed by atoms with Gasteiger partial charge in [-0.15, -0.1) is 11.3 Å². The predicted octanol–water partition coefficient (Wildman–Crippen LogP) is 0.737. The van der Waals surface area contributed by atoms with Crippen molar-refractivity contribution in [3.05, 3.63) is 11.1 Å². The fraction of sp³-hybridized carbons (Fsp3) is 0.429. The Kier molecular flexibility index (Phi) is 2.78. The summed E-state index contributed by atoms with van der Waals surface area (Å²) in [5.41, 5.74) is 6.26. The van der Waals surface area contributed by atoms with E-state index in [1.54, 1.807) is 6.92 Å². The molecule has 1 aromatic rings. The molecular formula is C7H11N3OS. The number of thiazole rings is 1. The molecule has 0 aromatic carbocycles. The van der Waals surface area contributed by atoms with Crippen LogP contribution in [0.1, 0.15) is 12.6 Å². The number of amides is 1. The van der Waals surface area contributed by atoms with Crippen LogP contribution >= 0.6 is 11.3 Å².